The molecule has 31 heavy (non-hydrogen) atoms. The molecule has 0 amide bonds. The van der Waals surface area contributed by atoms with Gasteiger partial charge in [-0.2, -0.15) is 0 Å². The van der Waals surface area contributed by atoms with E-state index in [9.17, 15) is 4.79 Å². The van der Waals surface area contributed by atoms with E-state index in [1.807, 2.05) is 78.9 Å². The van der Waals surface area contributed by atoms with Gasteiger partial charge in [0.2, 0.25) is 0 Å². The number of carbonyl (C=O) groups excluding carboxylic acids is 1. The van der Waals surface area contributed by atoms with Crippen LogP contribution in [0.3, 0.4) is 0 Å². The maximum absolute atomic E-state index is 11.5. The second kappa shape index (κ2) is 9.82. The van der Waals surface area contributed by atoms with E-state index < -0.39 is 0 Å². The molecule has 3 aromatic carbocycles. The molecule has 4 aromatic rings. The van der Waals surface area contributed by atoms with Crippen molar-refractivity contribution in [3.8, 4) is 0 Å². The molecule has 0 fully saturated rings. The van der Waals surface area contributed by atoms with Crippen molar-refractivity contribution >= 4 is 57.2 Å². The zero-order valence-electron chi connectivity index (χ0n) is 17.0. The summed E-state index contributed by atoms with van der Waals surface area (Å²) in [7, 11) is 0. The van der Waals surface area contributed by atoms with Gasteiger partial charge in [0, 0.05) is 34.5 Å². The molecule has 1 aromatic heterocycles. The van der Waals surface area contributed by atoms with Gasteiger partial charge < -0.3 is 5.32 Å². The number of benzene rings is 3. The molecule has 3 nitrogen and oxygen atoms in total. The third-order valence-corrected chi connectivity index (χ3v) is 5.86. The third kappa shape index (κ3) is 5.75. The minimum atomic E-state index is 0.0872. The van der Waals surface area contributed by atoms with Crippen molar-refractivity contribution in [3.05, 3.63) is 101 Å². The number of carbonyl (C=O) groups is 1. The van der Waals surface area contributed by atoms with Gasteiger partial charge in [0.1, 0.15) is 0 Å². The summed E-state index contributed by atoms with van der Waals surface area (Å²) in [5, 5.41) is 5.29. The maximum Gasteiger partial charge on any atom is 0.190 e. The molecule has 1 N–H and O–H groups in total. The zero-order valence-corrected chi connectivity index (χ0v) is 18.6. The zero-order chi connectivity index (χ0) is 21.6. The number of fused-ring (bicyclic) bond motifs is 1. The highest BCUT2D eigenvalue weighted by atomic mass is 35.5. The molecule has 0 saturated carbocycles. The van der Waals surface area contributed by atoms with Crippen LogP contribution in [0.15, 0.2) is 83.8 Å². The number of thioether (sulfide) groups is 1. The highest BCUT2D eigenvalue weighted by Crippen LogP contribution is 2.24. The molecule has 0 atom stereocenters. The fraction of sp³-hybridized carbons (Fsp3) is 0.0769. The quantitative estimate of drug-likeness (QED) is 0.316. The average molecular weight is 445 g/mol. The molecule has 154 valence electrons. The van der Waals surface area contributed by atoms with E-state index in [1.165, 1.54) is 11.8 Å². The molecule has 4 rings (SSSR count). The molecular weight excluding hydrogens is 424 g/mol. The van der Waals surface area contributed by atoms with E-state index in [-0.39, 0.29) is 5.12 Å². The van der Waals surface area contributed by atoms with Crippen molar-refractivity contribution in [2.24, 2.45) is 0 Å². The highest BCUT2D eigenvalue weighted by Gasteiger charge is 2.05. The summed E-state index contributed by atoms with van der Waals surface area (Å²) >= 11 is 7.35. The van der Waals surface area contributed by atoms with Crippen LogP contribution in [0.4, 0.5) is 5.69 Å². The summed E-state index contributed by atoms with van der Waals surface area (Å²) in [5.74, 6) is 0. The third-order valence-electron chi connectivity index (χ3n) is 4.72. The topological polar surface area (TPSA) is 42.0 Å². The number of nitrogens with zero attached hydrogens (tertiary/aromatic N) is 1. The van der Waals surface area contributed by atoms with Crippen LogP contribution in [0.25, 0.3) is 23.1 Å². The summed E-state index contributed by atoms with van der Waals surface area (Å²) in [6, 6.07) is 25.9. The predicted octanol–water partition coefficient (Wildman–Crippen LogP) is 7.31. The smallest absolute Gasteiger partial charge is 0.190 e. The molecule has 0 saturated heterocycles. The van der Waals surface area contributed by atoms with Gasteiger partial charge in [-0.1, -0.05) is 71.9 Å². The lowest BCUT2D eigenvalue weighted by Gasteiger charge is -2.10. The van der Waals surface area contributed by atoms with Crippen LogP contribution in [0.1, 0.15) is 23.7 Å². The Morgan fingerprint density at radius 3 is 2.71 bits per heavy atom. The summed E-state index contributed by atoms with van der Waals surface area (Å²) in [6.07, 6.45) is 4.04. The number of rotatable bonds is 6. The first-order valence-corrected chi connectivity index (χ1v) is 11.1. The van der Waals surface area contributed by atoms with Crippen LogP contribution in [0.2, 0.25) is 5.02 Å². The van der Waals surface area contributed by atoms with E-state index in [0.29, 0.717) is 11.6 Å². The monoisotopic (exact) mass is 444 g/mol. The summed E-state index contributed by atoms with van der Waals surface area (Å²) in [6.45, 7) is 2.24. The summed E-state index contributed by atoms with van der Waals surface area (Å²) < 4.78 is 0. The fourth-order valence-electron chi connectivity index (χ4n) is 3.23. The Morgan fingerprint density at radius 2 is 1.84 bits per heavy atom. The number of hydrogen-bond donors (Lipinski definition) is 1. The minimum absolute atomic E-state index is 0.0872. The number of pyridine rings is 1. The van der Waals surface area contributed by atoms with Crippen molar-refractivity contribution in [1.29, 1.82) is 0 Å². The summed E-state index contributed by atoms with van der Waals surface area (Å²) in [4.78, 5) is 17.1. The predicted molar refractivity (Wildman–Crippen MR) is 132 cm³/mol. The first-order chi connectivity index (χ1) is 15.1. The minimum Gasteiger partial charge on any atom is -0.381 e. The molecule has 0 radical (unpaired) electrons. The van der Waals surface area contributed by atoms with Crippen LogP contribution in [0.5, 0.6) is 0 Å². The van der Waals surface area contributed by atoms with Gasteiger partial charge in [-0.05, 0) is 53.6 Å². The number of hydrogen-bond acceptors (Lipinski definition) is 4. The normalized spacial score (nSPS) is 11.2. The lowest BCUT2D eigenvalue weighted by atomic mass is 10.1. The van der Waals surface area contributed by atoms with Crippen LogP contribution >= 0.6 is 23.4 Å². The van der Waals surface area contributed by atoms with Crippen LogP contribution < -0.4 is 5.32 Å². The molecule has 0 aliphatic heterocycles. The molecule has 1 heterocycles. The maximum atomic E-state index is 11.5. The molecular formula is C26H21ClN2OS. The second-order valence-corrected chi connectivity index (χ2v) is 8.74. The van der Waals surface area contributed by atoms with Crippen molar-refractivity contribution < 1.29 is 4.79 Å². The molecule has 0 unspecified atom stereocenters. The number of halogens is 1. The van der Waals surface area contributed by atoms with Crippen molar-refractivity contribution in [3.63, 3.8) is 0 Å². The van der Waals surface area contributed by atoms with Crippen LogP contribution in [-0.4, -0.2) is 10.1 Å². The van der Waals surface area contributed by atoms with Gasteiger partial charge in [-0.3, -0.25) is 4.79 Å². The Kier molecular flexibility index (Phi) is 6.70. The van der Waals surface area contributed by atoms with Crippen LogP contribution in [0, 0.1) is 0 Å². The first-order valence-electron chi connectivity index (χ1n) is 9.91. The van der Waals surface area contributed by atoms with Crippen molar-refractivity contribution in [2.45, 2.75) is 18.4 Å². The van der Waals surface area contributed by atoms with Gasteiger partial charge in [0.15, 0.2) is 5.12 Å². The van der Waals surface area contributed by atoms with Gasteiger partial charge >= 0.3 is 0 Å². The second-order valence-electron chi connectivity index (χ2n) is 7.09. The van der Waals surface area contributed by atoms with Crippen molar-refractivity contribution in [2.75, 3.05) is 5.32 Å². The summed E-state index contributed by atoms with van der Waals surface area (Å²) in [5.41, 5.74) is 4.95. The Balaban J connectivity index is 1.47. The van der Waals surface area contributed by atoms with Gasteiger partial charge in [0.05, 0.1) is 11.2 Å². The highest BCUT2D eigenvalue weighted by molar-refractivity contribution is 8.13. The van der Waals surface area contributed by atoms with E-state index in [2.05, 4.69) is 22.4 Å². The van der Waals surface area contributed by atoms with Gasteiger partial charge in [-0.25, -0.2) is 4.98 Å². The van der Waals surface area contributed by atoms with E-state index in [1.54, 1.807) is 6.92 Å². The fourth-order valence-corrected chi connectivity index (χ4v) is 4.13. The van der Waals surface area contributed by atoms with Gasteiger partial charge in [0.25, 0.3) is 0 Å². The number of aromatic nitrogens is 1. The molecule has 0 bridgehead atoms. The molecule has 0 aliphatic rings. The Morgan fingerprint density at radius 1 is 1.00 bits per heavy atom. The molecule has 5 heteroatoms. The standard InChI is InChI=1S/C26H21ClN2OS/c1-18(30)31-26-8-3-2-6-21(26)17-28-24-7-4-5-19(15-24)9-13-23-14-11-20-10-12-22(27)16-25(20)29-23/h2-16,28H,17H2,1H3. The number of nitrogens with one attached hydrogen (secondary N) is 1. The SMILES string of the molecule is CC(=O)Sc1ccccc1CNc1cccc(C=Cc2ccc3ccc(Cl)cc3n2)c1. The van der Waals surface area contributed by atoms with E-state index in [0.717, 1.165) is 38.3 Å². The van der Waals surface area contributed by atoms with Gasteiger partial charge in [-0.15, -0.1) is 0 Å². The Hall–Kier alpha value is -3.08. The van der Waals surface area contributed by atoms with E-state index in [4.69, 9.17) is 11.6 Å². The van der Waals surface area contributed by atoms with E-state index >= 15 is 0 Å². The van der Waals surface area contributed by atoms with Crippen molar-refractivity contribution in [1.82, 2.24) is 4.98 Å². The average Bonchev–Trinajstić information content (AvgIpc) is 2.77. The molecule has 0 spiro atoms. The largest absolute Gasteiger partial charge is 0.381 e. The Bertz CT molecular complexity index is 1270. The lowest BCUT2D eigenvalue weighted by Crippen LogP contribution is -2.01. The first kappa shape index (κ1) is 21.2. The van der Waals surface area contributed by atoms with Crippen LogP contribution in [-0.2, 0) is 11.3 Å². The molecule has 0 aliphatic carbocycles. The Labute approximate surface area is 191 Å². The lowest BCUT2D eigenvalue weighted by molar-refractivity contribution is -0.109. The number of anilines is 1.